The normalized spacial score (nSPS) is 12.8. The summed E-state index contributed by atoms with van der Waals surface area (Å²) in [6, 6.07) is 2.31. The standard InChI is InChI=1S/C17H10Br2F7N3O3/c18-11-5-10(7-27-28-17(25,26)15(20,21)16(22,23)24)14(13(19)6-11)32-8-9-1-3-12(4-2-9)29(30)31/h1-7,28H,8H2/b27-7-. The molecule has 0 aromatic heterocycles. The first-order valence-corrected chi connectivity index (χ1v) is 9.72. The van der Waals surface area contributed by atoms with Gasteiger partial charge in [0.2, 0.25) is 0 Å². The minimum Gasteiger partial charge on any atom is -0.487 e. The van der Waals surface area contributed by atoms with Gasteiger partial charge in [0.1, 0.15) is 12.4 Å². The van der Waals surface area contributed by atoms with E-state index >= 15 is 0 Å². The molecule has 0 aliphatic heterocycles. The molecule has 0 fully saturated rings. The molecule has 0 bridgehead atoms. The lowest BCUT2D eigenvalue weighted by Crippen LogP contribution is -2.58. The van der Waals surface area contributed by atoms with Crippen LogP contribution < -0.4 is 10.2 Å². The minimum atomic E-state index is -6.50. The summed E-state index contributed by atoms with van der Waals surface area (Å²) in [7, 11) is 0. The molecule has 15 heteroatoms. The Kier molecular flexibility index (Phi) is 7.75. The van der Waals surface area contributed by atoms with E-state index in [0.29, 0.717) is 21.7 Å². The summed E-state index contributed by atoms with van der Waals surface area (Å²) < 4.78 is 95.3. The summed E-state index contributed by atoms with van der Waals surface area (Å²) in [5.74, 6) is -6.38. The summed E-state index contributed by atoms with van der Waals surface area (Å²) in [5.41, 5.74) is 0.794. The van der Waals surface area contributed by atoms with E-state index in [1.165, 1.54) is 36.4 Å². The summed E-state index contributed by atoms with van der Waals surface area (Å²) in [6.45, 7) is -0.144. The molecule has 0 saturated heterocycles. The fourth-order valence-corrected chi connectivity index (χ4v) is 3.50. The lowest BCUT2D eigenvalue weighted by molar-refractivity contribution is -0.384. The van der Waals surface area contributed by atoms with E-state index in [-0.39, 0.29) is 28.1 Å². The monoisotopic (exact) mass is 595 g/mol. The number of hydrogen-bond acceptors (Lipinski definition) is 5. The SMILES string of the molecule is O=[N+]([O-])c1ccc(COc2c(Br)cc(Br)cc2/C=N\NC(F)(F)C(F)(F)C(F)(F)F)cc1. The van der Waals surface area contributed by atoms with Gasteiger partial charge in [-0.1, -0.05) is 15.9 Å². The number of ether oxygens (including phenoxy) is 1. The molecule has 2 aromatic rings. The summed E-state index contributed by atoms with van der Waals surface area (Å²) in [5, 5.41) is 13.5. The lowest BCUT2D eigenvalue weighted by atomic mass is 10.2. The van der Waals surface area contributed by atoms with E-state index in [0.717, 1.165) is 0 Å². The topological polar surface area (TPSA) is 76.8 Å². The van der Waals surface area contributed by atoms with Crippen LogP contribution in [0, 0.1) is 10.1 Å². The van der Waals surface area contributed by atoms with Gasteiger partial charge in [-0.05, 0) is 45.8 Å². The van der Waals surface area contributed by atoms with Crippen molar-refractivity contribution in [3.05, 3.63) is 66.6 Å². The maximum absolute atomic E-state index is 13.3. The number of nitrogens with zero attached hydrogens (tertiary/aromatic N) is 2. The average molecular weight is 597 g/mol. The second-order valence-corrected chi connectivity index (χ2v) is 7.80. The summed E-state index contributed by atoms with van der Waals surface area (Å²) >= 11 is 6.25. The maximum Gasteiger partial charge on any atom is 0.462 e. The molecule has 0 radical (unpaired) electrons. The number of nitrogens with one attached hydrogen (secondary N) is 1. The van der Waals surface area contributed by atoms with Gasteiger partial charge < -0.3 is 4.74 Å². The maximum atomic E-state index is 13.3. The Labute approximate surface area is 191 Å². The van der Waals surface area contributed by atoms with Gasteiger partial charge in [-0.15, -0.1) is 0 Å². The van der Waals surface area contributed by atoms with Crippen molar-refractivity contribution in [3.63, 3.8) is 0 Å². The molecule has 174 valence electrons. The fourth-order valence-electron chi connectivity index (χ4n) is 2.13. The van der Waals surface area contributed by atoms with E-state index in [2.05, 4.69) is 37.0 Å². The summed E-state index contributed by atoms with van der Waals surface area (Å²) in [4.78, 5) is 10.1. The predicted octanol–water partition coefficient (Wildman–Crippen LogP) is 6.41. The van der Waals surface area contributed by atoms with Crippen molar-refractivity contribution < 1.29 is 40.4 Å². The molecule has 0 heterocycles. The van der Waals surface area contributed by atoms with Crippen molar-refractivity contribution in [2.75, 3.05) is 0 Å². The predicted molar refractivity (Wildman–Crippen MR) is 106 cm³/mol. The Bertz CT molecular complexity index is 1020. The second-order valence-electron chi connectivity index (χ2n) is 6.03. The molecule has 32 heavy (non-hydrogen) atoms. The molecule has 0 spiro atoms. The number of nitro groups is 1. The number of benzene rings is 2. The molecular weight excluding hydrogens is 587 g/mol. The van der Waals surface area contributed by atoms with Gasteiger partial charge in [0.15, 0.2) is 0 Å². The third-order valence-electron chi connectivity index (χ3n) is 3.73. The molecule has 0 atom stereocenters. The van der Waals surface area contributed by atoms with Gasteiger partial charge >= 0.3 is 18.1 Å². The Morgan fingerprint density at radius 3 is 2.19 bits per heavy atom. The third-order valence-corrected chi connectivity index (χ3v) is 4.77. The summed E-state index contributed by atoms with van der Waals surface area (Å²) in [6.07, 6.45) is -5.93. The van der Waals surface area contributed by atoms with E-state index in [1.807, 2.05) is 0 Å². The van der Waals surface area contributed by atoms with Crippen molar-refractivity contribution in [2.45, 2.75) is 24.8 Å². The van der Waals surface area contributed by atoms with Crippen LogP contribution in [-0.4, -0.2) is 29.3 Å². The number of nitro benzene ring substituents is 1. The molecule has 0 saturated carbocycles. The highest BCUT2D eigenvalue weighted by molar-refractivity contribution is 9.11. The van der Waals surface area contributed by atoms with Gasteiger partial charge in [-0.3, -0.25) is 10.1 Å². The van der Waals surface area contributed by atoms with Gasteiger partial charge in [0, 0.05) is 22.2 Å². The zero-order valence-electron chi connectivity index (χ0n) is 15.3. The first kappa shape index (κ1) is 25.8. The molecule has 0 aliphatic rings. The third kappa shape index (κ3) is 5.88. The first-order valence-electron chi connectivity index (χ1n) is 8.13. The molecule has 0 aliphatic carbocycles. The quantitative estimate of drug-likeness (QED) is 0.126. The minimum absolute atomic E-state index is 0.0111. The van der Waals surface area contributed by atoms with Crippen molar-refractivity contribution in [3.8, 4) is 5.75 Å². The molecule has 0 unspecified atom stereocenters. The van der Waals surface area contributed by atoms with Crippen LogP contribution in [0.2, 0.25) is 0 Å². The van der Waals surface area contributed by atoms with Crippen LogP contribution in [0.4, 0.5) is 36.4 Å². The number of hydrogen-bond donors (Lipinski definition) is 1. The average Bonchev–Trinajstić information content (AvgIpc) is 2.66. The van der Waals surface area contributed by atoms with Crippen LogP contribution in [0.15, 0.2) is 50.4 Å². The van der Waals surface area contributed by atoms with Crippen LogP contribution in [-0.2, 0) is 6.61 Å². The van der Waals surface area contributed by atoms with Gasteiger partial charge in [0.05, 0.1) is 15.6 Å². The molecule has 2 aromatic carbocycles. The van der Waals surface area contributed by atoms with E-state index in [4.69, 9.17) is 4.74 Å². The second kappa shape index (κ2) is 9.60. The smallest absolute Gasteiger partial charge is 0.462 e. The Balaban J connectivity index is 2.22. The van der Waals surface area contributed by atoms with Crippen molar-refractivity contribution in [2.24, 2.45) is 5.10 Å². The zero-order chi connectivity index (χ0) is 24.3. The van der Waals surface area contributed by atoms with Gasteiger partial charge in [-0.2, -0.15) is 35.8 Å². The Morgan fingerprint density at radius 1 is 1.06 bits per heavy atom. The largest absolute Gasteiger partial charge is 0.487 e. The van der Waals surface area contributed by atoms with Crippen molar-refractivity contribution >= 4 is 43.8 Å². The van der Waals surface area contributed by atoms with Crippen LogP contribution in [0.25, 0.3) is 0 Å². The number of alkyl halides is 7. The highest BCUT2D eigenvalue weighted by Crippen LogP contribution is 2.45. The van der Waals surface area contributed by atoms with Gasteiger partial charge in [0.25, 0.3) is 5.69 Å². The van der Waals surface area contributed by atoms with E-state index < -0.39 is 23.1 Å². The zero-order valence-corrected chi connectivity index (χ0v) is 18.4. The van der Waals surface area contributed by atoms with Crippen molar-refractivity contribution in [1.29, 1.82) is 0 Å². The highest BCUT2D eigenvalue weighted by Gasteiger charge is 2.73. The number of halogens is 9. The van der Waals surface area contributed by atoms with Crippen LogP contribution in [0.1, 0.15) is 11.1 Å². The van der Waals surface area contributed by atoms with Gasteiger partial charge in [-0.25, -0.2) is 5.43 Å². The Morgan fingerprint density at radius 2 is 1.66 bits per heavy atom. The van der Waals surface area contributed by atoms with Crippen LogP contribution in [0.5, 0.6) is 5.75 Å². The number of non-ortho nitro benzene ring substituents is 1. The van der Waals surface area contributed by atoms with Crippen LogP contribution in [0.3, 0.4) is 0 Å². The van der Waals surface area contributed by atoms with E-state index in [1.54, 1.807) is 0 Å². The number of rotatable bonds is 8. The molecule has 0 amide bonds. The molecule has 1 N–H and O–H groups in total. The Hall–Kier alpha value is -2.42. The first-order chi connectivity index (χ1) is 14.7. The molecule has 2 rings (SSSR count). The molecule has 6 nitrogen and oxygen atoms in total. The highest BCUT2D eigenvalue weighted by atomic mass is 79.9. The molecular formula is C17H10Br2F7N3O3. The van der Waals surface area contributed by atoms with E-state index in [9.17, 15) is 40.8 Å². The lowest BCUT2D eigenvalue weighted by Gasteiger charge is -2.27. The number of hydrazone groups is 1. The van der Waals surface area contributed by atoms with Crippen LogP contribution >= 0.6 is 31.9 Å². The fraction of sp³-hybridized carbons (Fsp3) is 0.235. The van der Waals surface area contributed by atoms with Crippen molar-refractivity contribution in [1.82, 2.24) is 5.43 Å².